The minimum absolute atomic E-state index is 0.319. The van der Waals surface area contributed by atoms with Crippen LogP contribution in [0.2, 0.25) is 0 Å². The third-order valence-corrected chi connectivity index (χ3v) is 2.75. The lowest BCUT2D eigenvalue weighted by molar-refractivity contribution is -0.128. The van der Waals surface area contributed by atoms with Crippen molar-refractivity contribution in [2.75, 3.05) is 0 Å². The second kappa shape index (κ2) is 6.37. The van der Waals surface area contributed by atoms with Crippen molar-refractivity contribution in [3.05, 3.63) is 22.4 Å². The van der Waals surface area contributed by atoms with E-state index in [1.807, 2.05) is 0 Å². The molecule has 0 aliphatic heterocycles. The van der Waals surface area contributed by atoms with E-state index in [1.165, 1.54) is 13.8 Å². The number of aryl methyl sites for hydroxylation is 1. The first-order valence-corrected chi connectivity index (χ1v) is 6.29. The number of carbonyl (C=O) groups is 3. The van der Waals surface area contributed by atoms with E-state index >= 15 is 0 Å². The van der Waals surface area contributed by atoms with Crippen LogP contribution in [0.25, 0.3) is 0 Å². The summed E-state index contributed by atoms with van der Waals surface area (Å²) >= 11 is 3.25. The van der Waals surface area contributed by atoms with Crippen LogP contribution in [0.15, 0.2) is 16.7 Å². The Labute approximate surface area is 118 Å². The second-order valence-corrected chi connectivity index (χ2v) is 4.94. The maximum Gasteiger partial charge on any atom is 0.286 e. The molecule has 0 bridgehead atoms. The van der Waals surface area contributed by atoms with Gasteiger partial charge in [-0.25, -0.2) is 0 Å². The maximum atomic E-state index is 11.8. The van der Waals surface area contributed by atoms with Crippen LogP contribution in [-0.2, 0) is 16.6 Å². The Morgan fingerprint density at radius 2 is 1.95 bits per heavy atom. The third-order valence-electron chi connectivity index (χ3n) is 2.32. The first kappa shape index (κ1) is 15.2. The van der Waals surface area contributed by atoms with Gasteiger partial charge in [0.25, 0.3) is 11.8 Å². The monoisotopic (exact) mass is 330 g/mol. The van der Waals surface area contributed by atoms with Crippen molar-refractivity contribution in [1.82, 2.24) is 20.7 Å². The highest BCUT2D eigenvalue weighted by molar-refractivity contribution is 9.10. The molecule has 1 heterocycles. The van der Waals surface area contributed by atoms with Crippen molar-refractivity contribution >= 4 is 33.7 Å². The van der Waals surface area contributed by atoms with E-state index in [9.17, 15) is 14.4 Å². The van der Waals surface area contributed by atoms with Crippen LogP contribution in [0.4, 0.5) is 0 Å². The molecule has 3 amide bonds. The lowest BCUT2D eigenvalue weighted by atomic mass is 10.3. The highest BCUT2D eigenvalue weighted by atomic mass is 79.9. The molecule has 1 aromatic heterocycles. The van der Waals surface area contributed by atoms with E-state index in [1.54, 1.807) is 23.9 Å². The topological polar surface area (TPSA) is 92.2 Å². The molecule has 0 aliphatic carbocycles. The molecule has 0 aliphatic rings. The molecule has 104 valence electrons. The Kier molecular flexibility index (Phi) is 5.11. The minimum atomic E-state index is -0.724. The van der Waals surface area contributed by atoms with Gasteiger partial charge >= 0.3 is 0 Å². The van der Waals surface area contributed by atoms with Crippen LogP contribution in [-0.4, -0.2) is 28.3 Å². The maximum absolute atomic E-state index is 11.8. The predicted octanol–water partition coefficient (Wildman–Crippen LogP) is 0.0732. The van der Waals surface area contributed by atoms with Crippen LogP contribution in [0.5, 0.6) is 0 Å². The van der Waals surface area contributed by atoms with E-state index in [-0.39, 0.29) is 5.91 Å². The predicted molar refractivity (Wildman–Crippen MR) is 72.0 cm³/mol. The number of nitrogens with zero attached hydrogens (tertiary/aromatic N) is 1. The Morgan fingerprint density at radius 1 is 1.32 bits per heavy atom. The summed E-state index contributed by atoms with van der Waals surface area (Å²) in [5.41, 5.74) is 4.90. The van der Waals surface area contributed by atoms with Gasteiger partial charge in [0, 0.05) is 24.6 Å². The minimum Gasteiger partial charge on any atom is -0.345 e. The van der Waals surface area contributed by atoms with Gasteiger partial charge in [-0.1, -0.05) is 0 Å². The van der Waals surface area contributed by atoms with Crippen LogP contribution in [0.1, 0.15) is 24.3 Å². The number of hydrazine groups is 1. The number of hydrogen-bond acceptors (Lipinski definition) is 3. The second-order valence-electron chi connectivity index (χ2n) is 4.02. The molecule has 8 heteroatoms. The summed E-state index contributed by atoms with van der Waals surface area (Å²) in [5.74, 6) is -1.27. The zero-order chi connectivity index (χ0) is 14.6. The Morgan fingerprint density at radius 3 is 2.42 bits per heavy atom. The van der Waals surface area contributed by atoms with E-state index < -0.39 is 17.9 Å². The van der Waals surface area contributed by atoms with Crippen LogP contribution in [0, 0.1) is 0 Å². The van der Waals surface area contributed by atoms with Crippen molar-refractivity contribution in [3.8, 4) is 0 Å². The molecule has 3 N–H and O–H groups in total. The molecule has 0 radical (unpaired) electrons. The van der Waals surface area contributed by atoms with E-state index in [0.29, 0.717) is 5.69 Å². The van der Waals surface area contributed by atoms with Gasteiger partial charge in [-0.3, -0.25) is 25.2 Å². The molecular formula is C11H15BrN4O3. The molecule has 1 aromatic rings. The number of carbonyl (C=O) groups excluding carboxylic acids is 3. The fraction of sp³-hybridized carbons (Fsp3) is 0.364. The van der Waals surface area contributed by atoms with E-state index in [0.717, 1.165) is 4.47 Å². The first-order chi connectivity index (χ1) is 8.81. The van der Waals surface area contributed by atoms with Crippen molar-refractivity contribution in [2.24, 2.45) is 7.05 Å². The molecule has 0 aromatic carbocycles. The quantitative estimate of drug-likeness (QED) is 0.685. The largest absolute Gasteiger partial charge is 0.345 e. The summed E-state index contributed by atoms with van der Waals surface area (Å²) in [6.07, 6.45) is 1.72. The molecular weight excluding hydrogens is 316 g/mol. The summed E-state index contributed by atoms with van der Waals surface area (Å²) in [6, 6.07) is 0.900. The standard InChI is InChI=1S/C11H15BrN4O3/c1-6(13-7(2)17)10(18)14-15-11(19)9-4-8(12)5-16(9)3/h4-6H,1-3H3,(H,13,17)(H,14,18)(H,15,19). The van der Waals surface area contributed by atoms with Gasteiger partial charge in [0.2, 0.25) is 5.91 Å². The van der Waals surface area contributed by atoms with E-state index in [4.69, 9.17) is 0 Å². The summed E-state index contributed by atoms with van der Waals surface area (Å²) < 4.78 is 2.38. The lowest BCUT2D eigenvalue weighted by Crippen LogP contribution is -2.50. The van der Waals surface area contributed by atoms with Crippen LogP contribution in [0.3, 0.4) is 0 Å². The molecule has 0 saturated carbocycles. The van der Waals surface area contributed by atoms with Gasteiger partial charge in [0.1, 0.15) is 11.7 Å². The fourth-order valence-corrected chi connectivity index (χ4v) is 1.94. The summed E-state index contributed by atoms with van der Waals surface area (Å²) in [4.78, 5) is 34.1. The number of hydrogen-bond donors (Lipinski definition) is 3. The Bertz CT molecular complexity index is 512. The lowest BCUT2D eigenvalue weighted by Gasteiger charge is -2.13. The zero-order valence-electron chi connectivity index (χ0n) is 10.8. The molecule has 1 unspecified atom stereocenters. The number of aromatic nitrogens is 1. The smallest absolute Gasteiger partial charge is 0.286 e. The third kappa shape index (κ3) is 4.40. The average Bonchev–Trinajstić information content (AvgIpc) is 2.64. The summed E-state index contributed by atoms with van der Waals surface area (Å²) in [6.45, 7) is 2.83. The first-order valence-electron chi connectivity index (χ1n) is 5.50. The molecule has 0 fully saturated rings. The SMILES string of the molecule is CC(=O)NC(C)C(=O)NNC(=O)c1cc(Br)cn1C. The normalized spacial score (nSPS) is 11.6. The molecule has 7 nitrogen and oxygen atoms in total. The van der Waals surface area contributed by atoms with Gasteiger partial charge in [0.05, 0.1) is 0 Å². The molecule has 1 rings (SSSR count). The summed E-state index contributed by atoms with van der Waals surface area (Å²) in [5, 5.41) is 2.41. The van der Waals surface area contributed by atoms with Crippen molar-refractivity contribution in [2.45, 2.75) is 19.9 Å². The van der Waals surface area contributed by atoms with Gasteiger partial charge in [-0.05, 0) is 28.9 Å². The van der Waals surface area contributed by atoms with Gasteiger partial charge < -0.3 is 9.88 Å². The number of rotatable bonds is 3. The number of nitrogens with one attached hydrogen (secondary N) is 3. The fourth-order valence-electron chi connectivity index (χ4n) is 1.41. The highest BCUT2D eigenvalue weighted by Crippen LogP contribution is 2.13. The summed E-state index contributed by atoms with van der Waals surface area (Å²) in [7, 11) is 1.71. The molecule has 19 heavy (non-hydrogen) atoms. The van der Waals surface area contributed by atoms with Crippen LogP contribution >= 0.6 is 15.9 Å². The van der Waals surface area contributed by atoms with Crippen LogP contribution < -0.4 is 16.2 Å². The average molecular weight is 331 g/mol. The molecule has 1 atom stereocenters. The van der Waals surface area contributed by atoms with Crippen molar-refractivity contribution in [3.63, 3.8) is 0 Å². The van der Waals surface area contributed by atoms with Gasteiger partial charge in [-0.15, -0.1) is 0 Å². The Hall–Kier alpha value is -1.83. The number of amides is 3. The molecule has 0 spiro atoms. The van der Waals surface area contributed by atoms with Gasteiger partial charge in [0.15, 0.2) is 0 Å². The molecule has 0 saturated heterocycles. The van der Waals surface area contributed by atoms with Gasteiger partial charge in [-0.2, -0.15) is 0 Å². The van der Waals surface area contributed by atoms with Crippen molar-refractivity contribution < 1.29 is 14.4 Å². The highest BCUT2D eigenvalue weighted by Gasteiger charge is 2.16. The Balaban J connectivity index is 2.53. The van der Waals surface area contributed by atoms with E-state index in [2.05, 4.69) is 32.1 Å². The zero-order valence-corrected chi connectivity index (χ0v) is 12.4. The van der Waals surface area contributed by atoms with Crippen molar-refractivity contribution in [1.29, 1.82) is 0 Å². The number of halogens is 1.